The number of alkyl halides is 3. The van der Waals surface area contributed by atoms with E-state index in [1.807, 2.05) is 44.2 Å². The molecular weight excluding hydrogens is 479 g/mol. The van der Waals surface area contributed by atoms with E-state index in [1.54, 1.807) is 10.6 Å². The molecule has 0 atom stereocenters. The number of halogens is 3. The molecule has 0 aliphatic rings. The lowest BCUT2D eigenvalue weighted by Crippen LogP contribution is -2.30. The van der Waals surface area contributed by atoms with Crippen molar-refractivity contribution in [1.29, 1.82) is 0 Å². The second-order valence-electron chi connectivity index (χ2n) is 7.99. The number of amides is 1. The molecule has 0 saturated heterocycles. The lowest BCUT2D eigenvalue weighted by atomic mass is 10.1. The second-order valence-corrected chi connectivity index (χ2v) is 8.93. The Balaban J connectivity index is 1.63. The summed E-state index contributed by atoms with van der Waals surface area (Å²) in [7, 11) is 0. The van der Waals surface area contributed by atoms with Crippen LogP contribution in [0.4, 0.5) is 13.2 Å². The normalized spacial score (nSPS) is 11.7. The van der Waals surface area contributed by atoms with Crippen molar-refractivity contribution in [2.45, 2.75) is 43.4 Å². The molecule has 7 nitrogen and oxygen atoms in total. The van der Waals surface area contributed by atoms with Gasteiger partial charge < -0.3 is 9.73 Å². The lowest BCUT2D eigenvalue weighted by Gasteiger charge is -2.13. The van der Waals surface area contributed by atoms with Crippen molar-refractivity contribution in [2.24, 2.45) is 0 Å². The van der Waals surface area contributed by atoms with E-state index in [2.05, 4.69) is 20.5 Å². The van der Waals surface area contributed by atoms with Crippen LogP contribution >= 0.6 is 11.8 Å². The average Bonchev–Trinajstić information content (AvgIpc) is 3.45. The first-order valence-electron chi connectivity index (χ1n) is 10.7. The van der Waals surface area contributed by atoms with Crippen LogP contribution in [0.15, 0.2) is 70.4 Å². The zero-order valence-corrected chi connectivity index (χ0v) is 19.7. The van der Waals surface area contributed by atoms with Crippen LogP contribution < -0.4 is 5.32 Å². The summed E-state index contributed by atoms with van der Waals surface area (Å²) in [5.41, 5.74) is 0.623. The van der Waals surface area contributed by atoms with E-state index in [0.717, 1.165) is 17.7 Å². The Kier molecular flexibility index (Phi) is 7.25. The van der Waals surface area contributed by atoms with Crippen molar-refractivity contribution in [3.05, 3.63) is 89.4 Å². The number of rotatable bonds is 8. The van der Waals surface area contributed by atoms with Crippen LogP contribution in [0.25, 0.3) is 5.69 Å². The Morgan fingerprint density at radius 1 is 1.11 bits per heavy atom. The molecule has 2 aromatic carbocycles. The highest BCUT2D eigenvalue weighted by molar-refractivity contribution is 7.98. The van der Waals surface area contributed by atoms with Crippen molar-refractivity contribution < 1.29 is 22.4 Å². The van der Waals surface area contributed by atoms with Gasteiger partial charge in [0.15, 0.2) is 10.9 Å². The van der Waals surface area contributed by atoms with Crippen molar-refractivity contribution in [3.8, 4) is 5.69 Å². The highest BCUT2D eigenvalue weighted by atomic mass is 32.2. The number of hydrogen-bond acceptors (Lipinski definition) is 6. The zero-order chi connectivity index (χ0) is 25.0. The van der Waals surface area contributed by atoms with Gasteiger partial charge in [0.25, 0.3) is 5.91 Å². The Bertz CT molecular complexity index is 1300. The number of carbonyl (C=O) groups excluding carboxylic acids is 1. The molecule has 1 amide bonds. The van der Waals surface area contributed by atoms with Gasteiger partial charge in [-0.1, -0.05) is 48.2 Å². The van der Waals surface area contributed by atoms with Crippen LogP contribution in [0.3, 0.4) is 0 Å². The Labute approximate surface area is 203 Å². The summed E-state index contributed by atoms with van der Waals surface area (Å²) >= 11 is 1.20. The van der Waals surface area contributed by atoms with Crippen LogP contribution in [0.1, 0.15) is 47.2 Å². The van der Waals surface area contributed by atoms with E-state index in [0.29, 0.717) is 23.1 Å². The first-order valence-corrected chi connectivity index (χ1v) is 11.7. The molecule has 182 valence electrons. The monoisotopic (exact) mass is 501 g/mol. The molecular formula is C24H22F3N5O2S. The summed E-state index contributed by atoms with van der Waals surface area (Å²) < 4.78 is 47.1. The summed E-state index contributed by atoms with van der Waals surface area (Å²) in [6, 6.07) is 14.4. The molecule has 0 bridgehead atoms. The van der Waals surface area contributed by atoms with Crippen molar-refractivity contribution in [3.63, 3.8) is 0 Å². The van der Waals surface area contributed by atoms with Crippen LogP contribution in [0.2, 0.25) is 0 Å². The molecule has 11 heteroatoms. The molecule has 0 aliphatic heterocycles. The molecule has 4 aromatic rings. The van der Waals surface area contributed by atoms with Gasteiger partial charge in [0.1, 0.15) is 12.1 Å². The fraction of sp³-hybridized carbons (Fsp3) is 0.250. The summed E-state index contributed by atoms with van der Waals surface area (Å²) in [4.78, 5) is 16.3. The molecule has 0 unspecified atom stereocenters. The fourth-order valence-electron chi connectivity index (χ4n) is 3.31. The van der Waals surface area contributed by atoms with Gasteiger partial charge in [-0.3, -0.25) is 9.36 Å². The van der Waals surface area contributed by atoms with Crippen molar-refractivity contribution in [2.75, 3.05) is 0 Å². The third-order valence-corrected chi connectivity index (χ3v) is 5.78. The van der Waals surface area contributed by atoms with Crippen LogP contribution in [-0.2, 0) is 18.3 Å². The van der Waals surface area contributed by atoms with Crippen molar-refractivity contribution in [1.82, 2.24) is 25.1 Å². The molecule has 0 spiro atoms. The van der Waals surface area contributed by atoms with E-state index in [9.17, 15) is 18.0 Å². The summed E-state index contributed by atoms with van der Waals surface area (Å²) in [6.45, 7) is 3.67. The standard InChI is InChI=1S/C24H22F3N5O2S/c1-15(2)28-22(33)19-13-34-21(29-19)14-35-23-31-30-20(11-16-7-4-3-5-8-16)32(23)18-10-6-9-17(12-18)24(25,26)27/h3-10,12-13,15H,11,14H2,1-2H3,(H,28,33). The van der Waals surface area contributed by atoms with Gasteiger partial charge in [-0.25, -0.2) is 4.98 Å². The summed E-state index contributed by atoms with van der Waals surface area (Å²) in [6.07, 6.45) is -2.84. The van der Waals surface area contributed by atoms with Crippen LogP contribution in [-0.4, -0.2) is 31.7 Å². The Morgan fingerprint density at radius 2 is 1.89 bits per heavy atom. The predicted molar refractivity (Wildman–Crippen MR) is 124 cm³/mol. The predicted octanol–water partition coefficient (Wildman–Crippen LogP) is 5.30. The minimum atomic E-state index is -4.48. The van der Waals surface area contributed by atoms with Crippen molar-refractivity contribution >= 4 is 17.7 Å². The fourth-order valence-corrected chi connectivity index (χ4v) is 4.13. The molecule has 0 fully saturated rings. The summed E-state index contributed by atoms with van der Waals surface area (Å²) in [5.74, 6) is 0.629. The van der Waals surface area contributed by atoms with Crippen LogP contribution in [0, 0.1) is 0 Å². The first-order chi connectivity index (χ1) is 16.7. The second kappa shape index (κ2) is 10.3. The van der Waals surface area contributed by atoms with E-state index in [-0.39, 0.29) is 29.3 Å². The van der Waals surface area contributed by atoms with Gasteiger partial charge in [0.05, 0.1) is 17.0 Å². The average molecular weight is 502 g/mol. The SMILES string of the molecule is CC(C)NC(=O)c1coc(CSc2nnc(Cc3ccccc3)n2-c2cccc(C(F)(F)F)c2)n1. The highest BCUT2D eigenvalue weighted by Gasteiger charge is 2.31. The minimum Gasteiger partial charge on any atom is -0.447 e. The third-order valence-electron chi connectivity index (χ3n) is 4.87. The van der Waals surface area contributed by atoms with Gasteiger partial charge in [-0.15, -0.1) is 10.2 Å². The van der Waals surface area contributed by atoms with Gasteiger partial charge in [-0.05, 0) is 37.6 Å². The van der Waals surface area contributed by atoms with E-state index >= 15 is 0 Å². The van der Waals surface area contributed by atoms with Gasteiger partial charge in [-0.2, -0.15) is 13.2 Å². The maximum atomic E-state index is 13.4. The quantitative estimate of drug-likeness (QED) is 0.330. The topological polar surface area (TPSA) is 85.8 Å². The van der Waals surface area contributed by atoms with E-state index in [4.69, 9.17) is 4.42 Å². The highest BCUT2D eigenvalue weighted by Crippen LogP contribution is 2.32. The number of carbonyl (C=O) groups is 1. The molecule has 35 heavy (non-hydrogen) atoms. The number of hydrogen-bond donors (Lipinski definition) is 1. The van der Waals surface area contributed by atoms with Crippen LogP contribution in [0.5, 0.6) is 0 Å². The number of benzene rings is 2. The molecule has 2 heterocycles. The van der Waals surface area contributed by atoms with E-state index in [1.165, 1.54) is 24.1 Å². The number of nitrogens with one attached hydrogen (secondary N) is 1. The van der Waals surface area contributed by atoms with E-state index < -0.39 is 11.7 Å². The molecule has 0 aliphatic carbocycles. The largest absolute Gasteiger partial charge is 0.447 e. The first kappa shape index (κ1) is 24.5. The molecule has 2 aromatic heterocycles. The Hall–Kier alpha value is -3.60. The molecule has 0 saturated carbocycles. The summed E-state index contributed by atoms with van der Waals surface area (Å²) in [5, 5.41) is 11.6. The van der Waals surface area contributed by atoms with Gasteiger partial charge in [0.2, 0.25) is 5.89 Å². The zero-order valence-electron chi connectivity index (χ0n) is 18.9. The maximum absolute atomic E-state index is 13.4. The minimum absolute atomic E-state index is 0.0499. The number of nitrogens with zero attached hydrogens (tertiary/aromatic N) is 4. The lowest BCUT2D eigenvalue weighted by molar-refractivity contribution is -0.137. The number of aromatic nitrogens is 4. The smallest absolute Gasteiger partial charge is 0.416 e. The number of thioether (sulfide) groups is 1. The third kappa shape index (κ3) is 6.10. The maximum Gasteiger partial charge on any atom is 0.416 e. The molecule has 0 radical (unpaired) electrons. The van der Waals surface area contributed by atoms with Gasteiger partial charge in [0, 0.05) is 12.5 Å². The number of oxazole rings is 1. The van der Waals surface area contributed by atoms with Gasteiger partial charge >= 0.3 is 6.18 Å². The Morgan fingerprint density at radius 3 is 2.60 bits per heavy atom. The molecule has 1 N–H and O–H groups in total. The molecule has 4 rings (SSSR count).